The summed E-state index contributed by atoms with van der Waals surface area (Å²) in [7, 11) is 0. The summed E-state index contributed by atoms with van der Waals surface area (Å²) in [6.45, 7) is 3.72. The number of esters is 1. The van der Waals surface area contributed by atoms with Gasteiger partial charge in [0.15, 0.2) is 12.6 Å². The van der Waals surface area contributed by atoms with Crippen molar-refractivity contribution >= 4 is 5.97 Å². The highest BCUT2D eigenvalue weighted by molar-refractivity contribution is 5.69. The van der Waals surface area contributed by atoms with Crippen LogP contribution in [0.1, 0.15) is 245 Å². The van der Waals surface area contributed by atoms with Crippen LogP contribution < -0.4 is 0 Å². The molecule has 0 saturated carbocycles. The number of rotatable bonds is 47. The van der Waals surface area contributed by atoms with Crippen molar-refractivity contribution < 1.29 is 69.0 Å². The molecule has 2 saturated heterocycles. The summed E-state index contributed by atoms with van der Waals surface area (Å²) in [5.41, 5.74) is 0. The third-order valence-electron chi connectivity index (χ3n) is 14.1. The second-order valence-electron chi connectivity index (χ2n) is 20.5. The van der Waals surface area contributed by atoms with Gasteiger partial charge in [0, 0.05) is 13.0 Å². The minimum atomic E-state index is -1.70. The van der Waals surface area contributed by atoms with Crippen molar-refractivity contribution in [1.82, 2.24) is 0 Å². The van der Waals surface area contributed by atoms with Gasteiger partial charge in [-0.2, -0.15) is 0 Å². The van der Waals surface area contributed by atoms with E-state index in [1.54, 1.807) is 0 Å². The van der Waals surface area contributed by atoms with E-state index in [4.69, 9.17) is 28.4 Å². The molecule has 14 nitrogen and oxygen atoms in total. The lowest BCUT2D eigenvalue weighted by atomic mass is 9.98. The minimum absolute atomic E-state index is 0.0700. The third-order valence-corrected chi connectivity index (χ3v) is 14.1. The van der Waals surface area contributed by atoms with Gasteiger partial charge in [-0.05, 0) is 12.8 Å². The van der Waals surface area contributed by atoms with E-state index in [-0.39, 0.29) is 25.6 Å². The Kier molecular flexibility index (Phi) is 40.3. The van der Waals surface area contributed by atoms with E-state index >= 15 is 0 Å². The van der Waals surface area contributed by atoms with Gasteiger partial charge in [-0.15, -0.1) is 0 Å². The average Bonchev–Trinajstić information content (AvgIpc) is 3.35. The maximum Gasteiger partial charge on any atom is 0.306 e. The van der Waals surface area contributed by atoms with E-state index in [9.17, 15) is 40.5 Å². The molecule has 0 aromatic heterocycles. The lowest BCUT2D eigenvalue weighted by Gasteiger charge is -2.42. The minimum Gasteiger partial charge on any atom is -0.457 e. The lowest BCUT2D eigenvalue weighted by Crippen LogP contribution is -2.61. The van der Waals surface area contributed by atoms with E-state index in [2.05, 4.69) is 13.8 Å². The molecule has 0 aromatic rings. The van der Waals surface area contributed by atoms with Crippen LogP contribution in [0.4, 0.5) is 0 Å². The van der Waals surface area contributed by atoms with Crippen LogP contribution in [0, 0.1) is 0 Å². The van der Waals surface area contributed by atoms with Crippen LogP contribution >= 0.6 is 0 Å². The summed E-state index contributed by atoms with van der Waals surface area (Å²) in [6.07, 6.45) is 29.2. The van der Waals surface area contributed by atoms with Crippen molar-refractivity contribution in [2.75, 3.05) is 33.0 Å². The van der Waals surface area contributed by atoms with Crippen LogP contribution in [0.2, 0.25) is 0 Å². The Morgan fingerprint density at radius 3 is 1.17 bits per heavy atom. The number of carbonyl (C=O) groups is 1. The molecule has 0 aliphatic carbocycles. The summed E-state index contributed by atoms with van der Waals surface area (Å²) in [5.74, 6) is -0.373. The van der Waals surface area contributed by atoms with Gasteiger partial charge in [0.25, 0.3) is 0 Å². The molecule has 7 N–H and O–H groups in total. The molecule has 11 atom stereocenters. The fraction of sp³-hybridized carbons (Fsp3) is 0.982. The Balaban J connectivity index is 1.62. The van der Waals surface area contributed by atoms with Gasteiger partial charge in [0.1, 0.15) is 54.9 Å². The zero-order valence-electron chi connectivity index (χ0n) is 43.8. The average molecular weight is 991 g/mol. The first-order valence-electron chi connectivity index (χ1n) is 28.6. The molecule has 410 valence electrons. The van der Waals surface area contributed by atoms with Gasteiger partial charge < -0.3 is 64.2 Å². The fourth-order valence-corrected chi connectivity index (χ4v) is 9.46. The largest absolute Gasteiger partial charge is 0.457 e. The Hall–Kier alpha value is -1.01. The molecule has 2 fully saturated rings. The van der Waals surface area contributed by atoms with Crippen molar-refractivity contribution in [2.24, 2.45) is 0 Å². The molecule has 0 amide bonds. The highest BCUT2D eigenvalue weighted by atomic mass is 16.7. The summed E-state index contributed by atoms with van der Waals surface area (Å²) in [4.78, 5) is 12.9. The number of hydrogen-bond donors (Lipinski definition) is 7. The van der Waals surface area contributed by atoms with Crippen molar-refractivity contribution in [3.63, 3.8) is 0 Å². The second-order valence-corrected chi connectivity index (χ2v) is 20.5. The van der Waals surface area contributed by atoms with E-state index in [1.807, 2.05) is 0 Å². The quantitative estimate of drug-likeness (QED) is 0.0223. The van der Waals surface area contributed by atoms with E-state index in [1.165, 1.54) is 180 Å². The predicted molar refractivity (Wildman–Crippen MR) is 271 cm³/mol. The topological polar surface area (TPSA) is 214 Å². The predicted octanol–water partition coefficient (Wildman–Crippen LogP) is 9.64. The van der Waals surface area contributed by atoms with Crippen molar-refractivity contribution in [2.45, 2.75) is 313 Å². The Morgan fingerprint density at radius 1 is 0.420 bits per heavy atom. The van der Waals surface area contributed by atoms with Gasteiger partial charge in [-0.3, -0.25) is 4.79 Å². The van der Waals surface area contributed by atoms with Gasteiger partial charge in [0.2, 0.25) is 0 Å². The molecule has 11 unspecified atom stereocenters. The third kappa shape index (κ3) is 30.7. The van der Waals surface area contributed by atoms with Crippen LogP contribution in [0.15, 0.2) is 0 Å². The lowest BCUT2D eigenvalue weighted by molar-refractivity contribution is -0.332. The maximum atomic E-state index is 12.9. The summed E-state index contributed by atoms with van der Waals surface area (Å²) < 4.78 is 34.3. The molecule has 69 heavy (non-hydrogen) atoms. The summed E-state index contributed by atoms with van der Waals surface area (Å²) >= 11 is 0. The summed E-state index contributed by atoms with van der Waals surface area (Å²) in [6, 6.07) is 0. The van der Waals surface area contributed by atoms with E-state index in [0.717, 1.165) is 38.5 Å². The SMILES string of the molecule is CCCCCCCCCCCCCCCCCCCCCCCCCCCCOCC(COC1OC(COC2OC(CO)C(O)C(O)C2O)C(O)C(O)C1O)OC(=O)CCCCCCCCCCC. The first kappa shape index (κ1) is 64.1. The fourth-order valence-electron chi connectivity index (χ4n) is 9.46. The monoisotopic (exact) mass is 991 g/mol. The first-order chi connectivity index (χ1) is 33.6. The zero-order valence-corrected chi connectivity index (χ0v) is 43.8. The smallest absolute Gasteiger partial charge is 0.306 e. The standard InChI is InChI=1S/C55H106O14/c1-3-5-7-9-11-13-14-15-16-17-18-19-20-21-22-23-24-25-26-27-28-29-31-33-35-37-39-64-41-44(67-47(57)38-36-34-32-30-12-10-8-6-4-2)42-65-54-53(63)51(61)49(59)46(69-54)43-66-55-52(62)50(60)48(58)45(40-56)68-55/h44-46,48-56,58-63H,3-43H2,1-2H3. The molecule has 2 rings (SSSR count). The normalized spacial score (nSPS) is 25.6. The van der Waals surface area contributed by atoms with E-state index in [0.29, 0.717) is 13.0 Å². The second kappa shape index (κ2) is 43.4. The number of unbranched alkanes of at least 4 members (excludes halogenated alkanes) is 33. The van der Waals surface area contributed by atoms with Gasteiger partial charge in [0.05, 0.1) is 26.4 Å². The Labute approximate surface area is 419 Å². The number of hydrogen-bond acceptors (Lipinski definition) is 14. The van der Waals surface area contributed by atoms with Crippen LogP contribution in [-0.4, -0.2) is 142 Å². The highest BCUT2D eigenvalue weighted by Crippen LogP contribution is 2.27. The Morgan fingerprint density at radius 2 is 0.768 bits per heavy atom. The molecule has 0 bridgehead atoms. The molecular weight excluding hydrogens is 885 g/mol. The van der Waals surface area contributed by atoms with Gasteiger partial charge in [-0.1, -0.05) is 226 Å². The number of carbonyl (C=O) groups excluding carboxylic acids is 1. The van der Waals surface area contributed by atoms with Crippen LogP contribution in [0.3, 0.4) is 0 Å². The Bertz CT molecular complexity index is 1150. The molecule has 2 aliphatic rings. The first-order valence-corrected chi connectivity index (χ1v) is 28.6. The van der Waals surface area contributed by atoms with Crippen LogP contribution in [-0.2, 0) is 33.2 Å². The van der Waals surface area contributed by atoms with Crippen LogP contribution in [0.25, 0.3) is 0 Å². The molecule has 2 aliphatic heterocycles. The highest BCUT2D eigenvalue weighted by Gasteiger charge is 2.47. The molecular formula is C55H106O14. The summed E-state index contributed by atoms with van der Waals surface area (Å²) in [5, 5.41) is 72.1. The number of aliphatic hydroxyl groups is 7. The number of aliphatic hydroxyl groups excluding tert-OH is 7. The van der Waals surface area contributed by atoms with Crippen molar-refractivity contribution in [3.05, 3.63) is 0 Å². The van der Waals surface area contributed by atoms with Crippen molar-refractivity contribution in [1.29, 1.82) is 0 Å². The van der Waals surface area contributed by atoms with Crippen molar-refractivity contribution in [3.8, 4) is 0 Å². The number of ether oxygens (including phenoxy) is 6. The van der Waals surface area contributed by atoms with Gasteiger partial charge >= 0.3 is 5.97 Å². The van der Waals surface area contributed by atoms with Gasteiger partial charge in [-0.25, -0.2) is 0 Å². The molecule has 0 aromatic carbocycles. The zero-order chi connectivity index (χ0) is 50.2. The molecule has 0 spiro atoms. The maximum absolute atomic E-state index is 12.9. The molecule has 14 heteroatoms. The van der Waals surface area contributed by atoms with Crippen LogP contribution in [0.5, 0.6) is 0 Å². The molecule has 2 heterocycles. The van der Waals surface area contributed by atoms with E-state index < -0.39 is 80.7 Å². The molecule has 0 radical (unpaired) electrons.